The van der Waals surface area contributed by atoms with Gasteiger partial charge in [-0.05, 0) is 52.6 Å². The monoisotopic (exact) mass is 414 g/mol. The van der Waals surface area contributed by atoms with Crippen LogP contribution in [0.25, 0.3) is 11.4 Å². The first kappa shape index (κ1) is 20.4. The molecule has 0 saturated carbocycles. The Labute approximate surface area is 179 Å². The second-order valence-corrected chi connectivity index (χ2v) is 7.06. The zero-order chi connectivity index (χ0) is 21.5. The van der Waals surface area contributed by atoms with E-state index in [0.717, 1.165) is 28.7 Å². The van der Waals surface area contributed by atoms with E-state index in [-0.39, 0.29) is 12.5 Å². The highest BCUT2D eigenvalue weighted by Crippen LogP contribution is 2.16. The number of nitrogens with one attached hydrogen (secondary N) is 1. The van der Waals surface area contributed by atoms with Gasteiger partial charge in [-0.2, -0.15) is 4.80 Å². The molecule has 2 heterocycles. The quantitative estimate of drug-likeness (QED) is 0.458. The summed E-state index contributed by atoms with van der Waals surface area (Å²) >= 11 is 0. The lowest BCUT2D eigenvalue weighted by molar-refractivity contribution is 0.0954. The van der Waals surface area contributed by atoms with Crippen molar-refractivity contribution in [1.29, 1.82) is 0 Å². The van der Waals surface area contributed by atoms with Gasteiger partial charge in [0.25, 0.3) is 5.91 Å². The van der Waals surface area contributed by atoms with Crippen LogP contribution in [0.15, 0.2) is 73.1 Å². The van der Waals surface area contributed by atoms with E-state index in [2.05, 4.69) is 25.7 Å². The van der Waals surface area contributed by atoms with E-state index in [1.54, 1.807) is 30.6 Å². The summed E-state index contributed by atoms with van der Waals surface area (Å²) in [6, 6.07) is 18.6. The van der Waals surface area contributed by atoms with Gasteiger partial charge in [0.2, 0.25) is 5.82 Å². The third-order valence-corrected chi connectivity index (χ3v) is 4.81. The molecule has 0 bridgehead atoms. The number of hydrogen-bond acceptors (Lipinski definition) is 6. The predicted molar refractivity (Wildman–Crippen MR) is 115 cm³/mol. The number of rotatable bonds is 8. The number of hydrogen-bond donors (Lipinski definition) is 2. The highest BCUT2D eigenvalue weighted by molar-refractivity contribution is 5.95. The van der Waals surface area contributed by atoms with Gasteiger partial charge in [0.05, 0.1) is 13.2 Å². The molecule has 4 aromatic rings. The maximum absolute atomic E-state index is 12.5. The number of nitrogens with zero attached hydrogens (tertiary/aromatic N) is 5. The van der Waals surface area contributed by atoms with Gasteiger partial charge in [0.15, 0.2) is 0 Å². The minimum atomic E-state index is -0.146. The number of pyridine rings is 1. The molecule has 0 radical (unpaired) electrons. The topological polar surface area (TPSA) is 106 Å². The van der Waals surface area contributed by atoms with Crippen LogP contribution in [0, 0.1) is 0 Å². The van der Waals surface area contributed by atoms with Crippen LogP contribution < -0.4 is 5.32 Å². The van der Waals surface area contributed by atoms with E-state index >= 15 is 0 Å². The molecule has 0 atom stereocenters. The van der Waals surface area contributed by atoms with Crippen molar-refractivity contribution in [3.63, 3.8) is 0 Å². The van der Waals surface area contributed by atoms with Gasteiger partial charge in [-0.1, -0.05) is 36.4 Å². The molecule has 0 aliphatic heterocycles. The fourth-order valence-corrected chi connectivity index (χ4v) is 3.11. The largest absolute Gasteiger partial charge is 0.392 e. The fourth-order valence-electron chi connectivity index (χ4n) is 3.11. The van der Waals surface area contributed by atoms with Crippen molar-refractivity contribution in [2.24, 2.45) is 0 Å². The first-order chi connectivity index (χ1) is 15.2. The number of aliphatic hydroxyl groups is 1. The molecule has 0 aliphatic rings. The standard InChI is InChI=1S/C23H22N6O2/c30-16-19-6-4-18(5-7-19)15-29-27-22(26-28-29)20-2-1-3-21(14-20)23(31)25-13-10-17-8-11-24-12-9-17/h1-9,11-12,14,30H,10,13,15-16H2,(H,25,31). The summed E-state index contributed by atoms with van der Waals surface area (Å²) in [5.74, 6) is 0.311. The van der Waals surface area contributed by atoms with Crippen LogP contribution in [-0.2, 0) is 19.6 Å². The Morgan fingerprint density at radius 3 is 2.52 bits per heavy atom. The predicted octanol–water partition coefficient (Wildman–Crippen LogP) is 2.25. The number of aromatic nitrogens is 5. The van der Waals surface area contributed by atoms with Gasteiger partial charge in [-0.15, -0.1) is 10.2 Å². The summed E-state index contributed by atoms with van der Waals surface area (Å²) in [6.45, 7) is 1.02. The highest BCUT2D eigenvalue weighted by Gasteiger charge is 2.11. The normalized spacial score (nSPS) is 10.7. The van der Waals surface area contributed by atoms with Crippen LogP contribution in [0.5, 0.6) is 0 Å². The van der Waals surface area contributed by atoms with Gasteiger partial charge in [0, 0.05) is 30.1 Å². The van der Waals surface area contributed by atoms with E-state index in [1.165, 1.54) is 4.80 Å². The van der Waals surface area contributed by atoms with Gasteiger partial charge in [-0.25, -0.2) is 0 Å². The molecule has 0 spiro atoms. The molecular formula is C23H22N6O2. The van der Waals surface area contributed by atoms with Crippen LogP contribution >= 0.6 is 0 Å². The van der Waals surface area contributed by atoms with Crippen LogP contribution in [0.2, 0.25) is 0 Å². The SMILES string of the molecule is O=C(NCCc1ccncc1)c1cccc(-c2nnn(Cc3ccc(CO)cc3)n2)c1. The first-order valence-corrected chi connectivity index (χ1v) is 9.95. The molecule has 2 aromatic heterocycles. The molecule has 31 heavy (non-hydrogen) atoms. The number of benzene rings is 2. The lowest BCUT2D eigenvalue weighted by Gasteiger charge is -2.06. The van der Waals surface area contributed by atoms with Crippen molar-refractivity contribution in [3.05, 3.63) is 95.3 Å². The summed E-state index contributed by atoms with van der Waals surface area (Å²) in [5, 5.41) is 24.7. The maximum Gasteiger partial charge on any atom is 0.251 e. The molecule has 1 amide bonds. The summed E-state index contributed by atoms with van der Waals surface area (Å²) < 4.78 is 0. The number of carbonyl (C=O) groups excluding carboxylic acids is 1. The molecule has 8 nitrogen and oxygen atoms in total. The Bertz CT molecular complexity index is 1140. The molecule has 0 aliphatic carbocycles. The molecule has 156 valence electrons. The molecule has 4 rings (SSSR count). The Balaban J connectivity index is 1.39. The van der Waals surface area contributed by atoms with E-state index in [1.807, 2.05) is 42.5 Å². The number of tetrazole rings is 1. The molecule has 0 saturated heterocycles. The second-order valence-electron chi connectivity index (χ2n) is 7.06. The van der Waals surface area contributed by atoms with Crippen LogP contribution in [0.3, 0.4) is 0 Å². The third-order valence-electron chi connectivity index (χ3n) is 4.81. The zero-order valence-corrected chi connectivity index (χ0v) is 16.8. The Hall–Kier alpha value is -3.91. The van der Waals surface area contributed by atoms with Crippen molar-refractivity contribution in [3.8, 4) is 11.4 Å². The Morgan fingerprint density at radius 2 is 1.74 bits per heavy atom. The third kappa shape index (κ3) is 5.37. The van der Waals surface area contributed by atoms with Crippen molar-refractivity contribution < 1.29 is 9.90 Å². The first-order valence-electron chi connectivity index (χ1n) is 9.95. The van der Waals surface area contributed by atoms with Crippen molar-refractivity contribution in [1.82, 2.24) is 30.5 Å². The summed E-state index contributed by atoms with van der Waals surface area (Å²) in [4.78, 5) is 18.0. The number of amides is 1. The average molecular weight is 414 g/mol. The van der Waals surface area contributed by atoms with Crippen LogP contribution in [0.1, 0.15) is 27.0 Å². The lowest BCUT2D eigenvalue weighted by atomic mass is 10.1. The van der Waals surface area contributed by atoms with Crippen molar-refractivity contribution in [2.45, 2.75) is 19.6 Å². The van der Waals surface area contributed by atoms with E-state index < -0.39 is 0 Å². The summed E-state index contributed by atoms with van der Waals surface area (Å²) in [6.07, 6.45) is 4.22. The van der Waals surface area contributed by atoms with Gasteiger partial charge >= 0.3 is 0 Å². The molecule has 8 heteroatoms. The second kappa shape index (κ2) is 9.73. The Kier molecular flexibility index (Phi) is 6.39. The van der Waals surface area contributed by atoms with Gasteiger partial charge in [-0.3, -0.25) is 9.78 Å². The zero-order valence-electron chi connectivity index (χ0n) is 16.8. The Morgan fingerprint density at radius 1 is 0.968 bits per heavy atom. The van der Waals surface area contributed by atoms with E-state index in [0.29, 0.717) is 24.5 Å². The lowest BCUT2D eigenvalue weighted by Crippen LogP contribution is -2.25. The summed E-state index contributed by atoms with van der Waals surface area (Å²) in [5.41, 5.74) is 4.25. The average Bonchev–Trinajstić information content (AvgIpc) is 3.29. The molecule has 0 fully saturated rings. The number of aliphatic hydroxyl groups excluding tert-OH is 1. The minimum Gasteiger partial charge on any atom is -0.392 e. The van der Waals surface area contributed by atoms with E-state index in [9.17, 15) is 4.79 Å². The molecule has 2 N–H and O–H groups in total. The van der Waals surface area contributed by atoms with Crippen LogP contribution in [0.4, 0.5) is 0 Å². The molecule has 0 unspecified atom stereocenters. The van der Waals surface area contributed by atoms with Crippen LogP contribution in [-0.4, -0.2) is 42.7 Å². The maximum atomic E-state index is 12.5. The molecular weight excluding hydrogens is 392 g/mol. The minimum absolute atomic E-state index is 0.0135. The fraction of sp³-hybridized carbons (Fsp3) is 0.174. The van der Waals surface area contributed by atoms with Gasteiger partial charge < -0.3 is 10.4 Å². The number of carbonyl (C=O) groups is 1. The summed E-state index contributed by atoms with van der Waals surface area (Å²) in [7, 11) is 0. The van der Waals surface area contributed by atoms with Gasteiger partial charge in [0.1, 0.15) is 0 Å². The van der Waals surface area contributed by atoms with E-state index in [4.69, 9.17) is 5.11 Å². The molecule has 2 aromatic carbocycles. The van der Waals surface area contributed by atoms with Crippen molar-refractivity contribution >= 4 is 5.91 Å². The highest BCUT2D eigenvalue weighted by atomic mass is 16.3. The smallest absolute Gasteiger partial charge is 0.251 e. The van der Waals surface area contributed by atoms with Crippen molar-refractivity contribution in [2.75, 3.05) is 6.54 Å².